The summed E-state index contributed by atoms with van der Waals surface area (Å²) >= 11 is 1.15. The second kappa shape index (κ2) is 7.67. The van der Waals surface area contributed by atoms with Crippen LogP contribution in [0.15, 0.2) is 54.6 Å². The number of hydrogen-bond acceptors (Lipinski definition) is 5. The summed E-state index contributed by atoms with van der Waals surface area (Å²) in [5.41, 5.74) is 2.25. The molecule has 6 nitrogen and oxygen atoms in total. The molecular weight excluding hydrogens is 360 g/mol. The Balaban J connectivity index is 1.44. The number of nitrogens with zero attached hydrogens (tertiary/aromatic N) is 3. The van der Waals surface area contributed by atoms with E-state index in [9.17, 15) is 9.59 Å². The first kappa shape index (κ1) is 17.4. The molecule has 1 aliphatic rings. The van der Waals surface area contributed by atoms with Crippen LogP contribution in [0.2, 0.25) is 0 Å². The van der Waals surface area contributed by atoms with Crippen LogP contribution < -0.4 is 10.2 Å². The van der Waals surface area contributed by atoms with E-state index in [-0.39, 0.29) is 11.8 Å². The molecule has 0 radical (unpaired) electrons. The third kappa shape index (κ3) is 3.88. The Bertz CT molecular complexity index is 954. The number of amides is 2. The average molecular weight is 378 g/mol. The maximum atomic E-state index is 12.5. The van der Waals surface area contributed by atoms with Gasteiger partial charge in [0.1, 0.15) is 0 Å². The van der Waals surface area contributed by atoms with Crippen molar-refractivity contribution in [3.8, 4) is 11.4 Å². The minimum atomic E-state index is -0.248. The van der Waals surface area contributed by atoms with Crippen molar-refractivity contribution in [1.29, 1.82) is 0 Å². The predicted octanol–water partition coefficient (Wildman–Crippen LogP) is 3.97. The lowest BCUT2D eigenvalue weighted by atomic mass is 10.1. The predicted molar refractivity (Wildman–Crippen MR) is 106 cm³/mol. The first-order valence-corrected chi connectivity index (χ1v) is 9.59. The van der Waals surface area contributed by atoms with Crippen LogP contribution in [0.4, 0.5) is 10.8 Å². The molecule has 3 aromatic rings. The maximum absolute atomic E-state index is 12.5. The van der Waals surface area contributed by atoms with E-state index in [1.54, 1.807) is 17.0 Å². The zero-order valence-electron chi connectivity index (χ0n) is 14.6. The van der Waals surface area contributed by atoms with Crippen LogP contribution in [0.25, 0.3) is 11.4 Å². The van der Waals surface area contributed by atoms with E-state index in [0.717, 1.165) is 42.2 Å². The number of anilines is 2. The minimum absolute atomic E-state index is 0.140. The summed E-state index contributed by atoms with van der Waals surface area (Å²) in [5.74, 6) is 0.484. The van der Waals surface area contributed by atoms with Gasteiger partial charge in [0, 0.05) is 41.3 Å². The largest absolute Gasteiger partial charge is 0.312 e. The molecule has 1 N–H and O–H groups in total. The van der Waals surface area contributed by atoms with Gasteiger partial charge in [-0.3, -0.25) is 14.9 Å². The van der Waals surface area contributed by atoms with Gasteiger partial charge in [-0.2, -0.15) is 9.36 Å². The molecule has 0 bridgehead atoms. The summed E-state index contributed by atoms with van der Waals surface area (Å²) in [5, 5.41) is 3.23. The molecule has 1 aromatic heterocycles. The molecule has 1 saturated heterocycles. The number of carbonyl (C=O) groups excluding carboxylic acids is 2. The van der Waals surface area contributed by atoms with Gasteiger partial charge in [-0.1, -0.05) is 30.3 Å². The number of hydrogen-bond donors (Lipinski definition) is 1. The van der Waals surface area contributed by atoms with Gasteiger partial charge in [0.15, 0.2) is 5.82 Å². The van der Waals surface area contributed by atoms with Gasteiger partial charge in [-0.05, 0) is 37.1 Å². The molecule has 7 heteroatoms. The van der Waals surface area contributed by atoms with Crippen molar-refractivity contribution in [2.75, 3.05) is 16.8 Å². The SMILES string of the molecule is O=C(Nc1nc(-c2ccccc2)ns1)c1ccc(N2CCCCC2=O)cc1. The third-order valence-corrected chi connectivity index (χ3v) is 5.07. The van der Waals surface area contributed by atoms with E-state index >= 15 is 0 Å². The van der Waals surface area contributed by atoms with Crippen molar-refractivity contribution in [3.05, 3.63) is 60.2 Å². The fraction of sp³-hybridized carbons (Fsp3) is 0.200. The van der Waals surface area contributed by atoms with Crippen LogP contribution in [0, 0.1) is 0 Å². The highest BCUT2D eigenvalue weighted by Crippen LogP contribution is 2.23. The van der Waals surface area contributed by atoms with E-state index in [4.69, 9.17) is 0 Å². The lowest BCUT2D eigenvalue weighted by Gasteiger charge is -2.26. The molecular formula is C20H18N4O2S. The average Bonchev–Trinajstić information content (AvgIpc) is 3.18. The van der Waals surface area contributed by atoms with Crippen LogP contribution >= 0.6 is 11.5 Å². The summed E-state index contributed by atoms with van der Waals surface area (Å²) in [6.07, 6.45) is 2.54. The van der Waals surface area contributed by atoms with Crippen molar-refractivity contribution in [2.45, 2.75) is 19.3 Å². The lowest BCUT2D eigenvalue weighted by Crippen LogP contribution is -2.35. The highest BCUT2D eigenvalue weighted by molar-refractivity contribution is 7.10. The van der Waals surface area contributed by atoms with E-state index in [1.807, 2.05) is 42.5 Å². The lowest BCUT2D eigenvalue weighted by molar-refractivity contribution is -0.119. The molecule has 4 rings (SSSR count). The summed E-state index contributed by atoms with van der Waals surface area (Å²) in [7, 11) is 0. The van der Waals surface area contributed by atoms with Crippen LogP contribution in [-0.4, -0.2) is 27.7 Å². The number of benzene rings is 2. The van der Waals surface area contributed by atoms with E-state index in [1.165, 1.54) is 0 Å². The second-order valence-corrected chi connectivity index (χ2v) is 7.04. The molecule has 27 heavy (non-hydrogen) atoms. The van der Waals surface area contributed by atoms with Gasteiger partial charge in [-0.25, -0.2) is 0 Å². The van der Waals surface area contributed by atoms with Crippen LogP contribution in [-0.2, 0) is 4.79 Å². The zero-order valence-corrected chi connectivity index (χ0v) is 15.4. The van der Waals surface area contributed by atoms with Crippen molar-refractivity contribution in [3.63, 3.8) is 0 Å². The molecule has 1 fully saturated rings. The number of carbonyl (C=O) groups is 2. The Morgan fingerprint density at radius 2 is 1.81 bits per heavy atom. The fourth-order valence-corrected chi connectivity index (χ4v) is 3.60. The molecule has 2 amide bonds. The van der Waals surface area contributed by atoms with Gasteiger partial charge >= 0.3 is 0 Å². The summed E-state index contributed by atoms with van der Waals surface area (Å²) in [6, 6.07) is 16.7. The van der Waals surface area contributed by atoms with E-state index in [0.29, 0.717) is 22.9 Å². The number of nitrogens with one attached hydrogen (secondary N) is 1. The highest BCUT2D eigenvalue weighted by Gasteiger charge is 2.20. The van der Waals surface area contributed by atoms with Gasteiger partial charge in [-0.15, -0.1) is 0 Å². The maximum Gasteiger partial charge on any atom is 0.257 e. The Hall–Kier alpha value is -3.06. The smallest absolute Gasteiger partial charge is 0.257 e. The molecule has 1 aliphatic heterocycles. The summed E-state index contributed by atoms with van der Waals surface area (Å²) in [4.78, 5) is 30.6. The molecule has 136 valence electrons. The number of piperidine rings is 1. The van der Waals surface area contributed by atoms with Crippen LogP contribution in [0.3, 0.4) is 0 Å². The van der Waals surface area contributed by atoms with Crippen molar-refractivity contribution < 1.29 is 9.59 Å². The highest BCUT2D eigenvalue weighted by atomic mass is 32.1. The van der Waals surface area contributed by atoms with Gasteiger partial charge in [0.2, 0.25) is 11.0 Å². The molecule has 2 aromatic carbocycles. The Morgan fingerprint density at radius 3 is 2.56 bits per heavy atom. The summed E-state index contributed by atoms with van der Waals surface area (Å²) in [6.45, 7) is 0.734. The molecule has 0 saturated carbocycles. The number of aromatic nitrogens is 2. The van der Waals surface area contributed by atoms with E-state index in [2.05, 4.69) is 14.7 Å². The van der Waals surface area contributed by atoms with Crippen LogP contribution in [0.5, 0.6) is 0 Å². The molecule has 2 heterocycles. The van der Waals surface area contributed by atoms with E-state index < -0.39 is 0 Å². The standard InChI is InChI=1S/C20H18N4O2S/c25-17-8-4-5-13-24(17)16-11-9-15(10-12-16)19(26)22-20-21-18(23-27-20)14-6-2-1-3-7-14/h1-3,6-7,9-12H,4-5,8,13H2,(H,21,22,23,26). The second-order valence-electron chi connectivity index (χ2n) is 6.29. The van der Waals surface area contributed by atoms with Gasteiger partial charge in [0.05, 0.1) is 0 Å². The topological polar surface area (TPSA) is 75.2 Å². The monoisotopic (exact) mass is 378 g/mol. The minimum Gasteiger partial charge on any atom is -0.312 e. The number of rotatable bonds is 4. The Kier molecular flexibility index (Phi) is 4.93. The normalized spacial score (nSPS) is 14.2. The molecule has 0 spiro atoms. The Labute approximate surface area is 161 Å². The van der Waals surface area contributed by atoms with Crippen molar-refractivity contribution >= 4 is 34.2 Å². The molecule has 0 atom stereocenters. The molecule has 0 unspecified atom stereocenters. The molecule has 0 aliphatic carbocycles. The first-order valence-electron chi connectivity index (χ1n) is 8.81. The van der Waals surface area contributed by atoms with Crippen molar-refractivity contribution in [1.82, 2.24) is 9.36 Å². The fourth-order valence-electron chi connectivity index (χ4n) is 3.02. The summed E-state index contributed by atoms with van der Waals surface area (Å²) < 4.78 is 4.29. The Morgan fingerprint density at radius 1 is 1.04 bits per heavy atom. The quantitative estimate of drug-likeness (QED) is 0.745. The first-order chi connectivity index (χ1) is 13.2. The zero-order chi connectivity index (χ0) is 18.6. The van der Waals surface area contributed by atoms with Crippen LogP contribution in [0.1, 0.15) is 29.6 Å². The third-order valence-electron chi connectivity index (χ3n) is 4.44. The van der Waals surface area contributed by atoms with Crippen molar-refractivity contribution in [2.24, 2.45) is 0 Å². The van der Waals surface area contributed by atoms with Gasteiger partial charge < -0.3 is 4.90 Å². The van der Waals surface area contributed by atoms with Gasteiger partial charge in [0.25, 0.3) is 5.91 Å².